The predicted octanol–water partition coefficient (Wildman–Crippen LogP) is 3.81. The molecule has 0 saturated carbocycles. The molecule has 2 heteroatoms. The van der Waals surface area contributed by atoms with E-state index in [0.29, 0.717) is 5.89 Å². The predicted molar refractivity (Wildman–Crippen MR) is 66.2 cm³/mol. The van der Waals surface area contributed by atoms with Crippen LogP contribution in [0.5, 0.6) is 0 Å². The molecule has 0 aliphatic heterocycles. The zero-order chi connectivity index (χ0) is 11.5. The van der Waals surface area contributed by atoms with Crippen LogP contribution in [0, 0.1) is 6.07 Å². The van der Waals surface area contributed by atoms with Crippen molar-refractivity contribution in [2.45, 2.75) is 0 Å². The molecule has 0 atom stereocenters. The minimum atomic E-state index is 0.637. The van der Waals surface area contributed by atoms with E-state index in [2.05, 4.69) is 11.1 Å². The molecule has 0 bridgehead atoms. The van der Waals surface area contributed by atoms with Crippen molar-refractivity contribution in [3.05, 3.63) is 66.9 Å². The molecule has 0 amide bonds. The molecule has 2 nitrogen and oxygen atoms in total. The summed E-state index contributed by atoms with van der Waals surface area (Å²) in [6, 6.07) is 20.5. The van der Waals surface area contributed by atoms with Crippen molar-refractivity contribution in [2.75, 3.05) is 0 Å². The Morgan fingerprint density at radius 2 is 1.65 bits per heavy atom. The minimum absolute atomic E-state index is 0.637. The zero-order valence-electron chi connectivity index (χ0n) is 9.13. The van der Waals surface area contributed by atoms with Gasteiger partial charge in [0.2, 0.25) is 5.89 Å². The van der Waals surface area contributed by atoms with Crippen molar-refractivity contribution >= 4 is 0 Å². The Morgan fingerprint density at radius 3 is 2.41 bits per heavy atom. The topological polar surface area (TPSA) is 26.0 Å². The summed E-state index contributed by atoms with van der Waals surface area (Å²) in [5.74, 6) is 1.42. The summed E-state index contributed by atoms with van der Waals surface area (Å²) >= 11 is 0. The van der Waals surface area contributed by atoms with Gasteiger partial charge < -0.3 is 4.42 Å². The maximum atomic E-state index is 5.73. The molecule has 1 aromatic heterocycles. The molecule has 0 aliphatic carbocycles. The number of hydrogen-bond acceptors (Lipinski definition) is 2. The lowest BCUT2D eigenvalue weighted by Gasteiger charge is -1.95. The monoisotopic (exact) mass is 220 g/mol. The van der Waals surface area contributed by atoms with Crippen LogP contribution in [-0.2, 0) is 0 Å². The van der Waals surface area contributed by atoms with Gasteiger partial charge in [0.1, 0.15) is 0 Å². The highest BCUT2D eigenvalue weighted by Gasteiger charge is 2.07. The number of nitrogens with zero attached hydrogens (tertiary/aromatic N) is 1. The third kappa shape index (κ3) is 1.97. The lowest BCUT2D eigenvalue weighted by atomic mass is 10.2. The van der Waals surface area contributed by atoms with Gasteiger partial charge in [-0.3, -0.25) is 0 Å². The third-order valence-electron chi connectivity index (χ3n) is 2.53. The number of oxazole rings is 1. The van der Waals surface area contributed by atoms with Crippen molar-refractivity contribution in [1.82, 2.24) is 4.98 Å². The summed E-state index contributed by atoms with van der Waals surface area (Å²) in [6.07, 6.45) is 1.75. The van der Waals surface area contributed by atoms with E-state index in [4.69, 9.17) is 4.42 Å². The molecule has 1 radical (unpaired) electrons. The quantitative estimate of drug-likeness (QED) is 0.656. The Morgan fingerprint density at radius 1 is 0.882 bits per heavy atom. The van der Waals surface area contributed by atoms with E-state index in [9.17, 15) is 0 Å². The number of benzene rings is 2. The van der Waals surface area contributed by atoms with Gasteiger partial charge in [-0.1, -0.05) is 42.5 Å². The molecule has 0 unspecified atom stereocenters. The molecule has 0 spiro atoms. The SMILES string of the molecule is [c]1ccc(-c2ncc(-c3ccccc3)o2)cc1. The van der Waals surface area contributed by atoms with E-state index in [1.165, 1.54) is 0 Å². The second kappa shape index (κ2) is 4.26. The third-order valence-corrected chi connectivity index (χ3v) is 2.53. The zero-order valence-corrected chi connectivity index (χ0v) is 9.13. The van der Waals surface area contributed by atoms with Crippen molar-refractivity contribution in [1.29, 1.82) is 0 Å². The molecule has 2 aromatic carbocycles. The van der Waals surface area contributed by atoms with Gasteiger partial charge in [-0.15, -0.1) is 0 Å². The van der Waals surface area contributed by atoms with Gasteiger partial charge in [-0.2, -0.15) is 0 Å². The number of rotatable bonds is 2. The van der Waals surface area contributed by atoms with Crippen molar-refractivity contribution in [3.63, 3.8) is 0 Å². The first-order valence-electron chi connectivity index (χ1n) is 5.41. The summed E-state index contributed by atoms with van der Waals surface area (Å²) in [7, 11) is 0. The van der Waals surface area contributed by atoms with E-state index >= 15 is 0 Å². The van der Waals surface area contributed by atoms with Crippen LogP contribution in [0.1, 0.15) is 0 Å². The molecule has 0 saturated heterocycles. The average Bonchev–Trinajstić information content (AvgIpc) is 2.90. The van der Waals surface area contributed by atoms with Crippen LogP contribution < -0.4 is 0 Å². The first-order valence-corrected chi connectivity index (χ1v) is 5.41. The maximum absolute atomic E-state index is 5.73. The summed E-state index contributed by atoms with van der Waals surface area (Å²) < 4.78 is 5.73. The largest absolute Gasteiger partial charge is 0.436 e. The fourth-order valence-electron chi connectivity index (χ4n) is 1.67. The fraction of sp³-hybridized carbons (Fsp3) is 0. The van der Waals surface area contributed by atoms with Gasteiger partial charge in [0.25, 0.3) is 0 Å². The molecular formula is C15H10NO. The second-order valence-corrected chi connectivity index (χ2v) is 3.68. The van der Waals surface area contributed by atoms with Gasteiger partial charge in [0.05, 0.1) is 6.20 Å². The van der Waals surface area contributed by atoms with Crippen LogP contribution in [0.15, 0.2) is 65.2 Å². The molecule has 3 rings (SSSR count). The Bertz CT molecular complexity index is 545. The molecule has 0 aliphatic rings. The summed E-state index contributed by atoms with van der Waals surface area (Å²) in [6.45, 7) is 0. The fourth-order valence-corrected chi connectivity index (χ4v) is 1.67. The normalized spacial score (nSPS) is 10.4. The van der Waals surface area contributed by atoms with Crippen molar-refractivity contribution in [2.24, 2.45) is 0 Å². The molecule has 0 N–H and O–H groups in total. The molecule has 1 heterocycles. The van der Waals surface area contributed by atoms with Crippen molar-refractivity contribution < 1.29 is 4.42 Å². The Labute approximate surface area is 99.6 Å². The average molecular weight is 220 g/mol. The Hall–Kier alpha value is -2.35. The van der Waals surface area contributed by atoms with Crippen LogP contribution in [0.4, 0.5) is 0 Å². The first kappa shape index (κ1) is 9.85. The van der Waals surface area contributed by atoms with Crippen LogP contribution in [0.25, 0.3) is 22.8 Å². The highest BCUT2D eigenvalue weighted by Crippen LogP contribution is 2.25. The van der Waals surface area contributed by atoms with E-state index in [-0.39, 0.29) is 0 Å². The van der Waals surface area contributed by atoms with Crippen LogP contribution in [0.2, 0.25) is 0 Å². The Balaban J connectivity index is 1.99. The first-order chi connectivity index (χ1) is 8.43. The van der Waals surface area contributed by atoms with Gasteiger partial charge in [0, 0.05) is 11.1 Å². The second-order valence-electron chi connectivity index (χ2n) is 3.68. The Kier molecular flexibility index (Phi) is 2.47. The smallest absolute Gasteiger partial charge is 0.226 e. The van der Waals surface area contributed by atoms with Crippen LogP contribution in [-0.4, -0.2) is 4.98 Å². The van der Waals surface area contributed by atoms with Gasteiger partial charge in [0.15, 0.2) is 5.76 Å². The van der Waals surface area contributed by atoms with Gasteiger partial charge >= 0.3 is 0 Å². The van der Waals surface area contributed by atoms with Gasteiger partial charge in [-0.25, -0.2) is 4.98 Å². The summed E-state index contributed by atoms with van der Waals surface area (Å²) in [4.78, 5) is 4.28. The standard InChI is InChI=1S/C15H10NO/c1-3-7-12(8-4-1)14-11-16-15(17-14)13-9-5-2-6-10-13/h1,3-11H. The highest BCUT2D eigenvalue weighted by atomic mass is 16.4. The highest BCUT2D eigenvalue weighted by molar-refractivity contribution is 5.60. The van der Waals surface area contributed by atoms with Crippen molar-refractivity contribution in [3.8, 4) is 22.8 Å². The minimum Gasteiger partial charge on any atom is -0.436 e. The van der Waals surface area contributed by atoms with E-state index < -0.39 is 0 Å². The van der Waals surface area contributed by atoms with Crippen LogP contribution >= 0.6 is 0 Å². The molecule has 0 fully saturated rings. The van der Waals surface area contributed by atoms with E-state index in [1.807, 2.05) is 54.6 Å². The van der Waals surface area contributed by atoms with Crippen LogP contribution in [0.3, 0.4) is 0 Å². The molecular weight excluding hydrogens is 210 g/mol. The summed E-state index contributed by atoms with van der Waals surface area (Å²) in [5.41, 5.74) is 2.00. The summed E-state index contributed by atoms with van der Waals surface area (Å²) in [5, 5.41) is 0. The van der Waals surface area contributed by atoms with E-state index in [1.54, 1.807) is 6.20 Å². The molecule has 17 heavy (non-hydrogen) atoms. The lowest BCUT2D eigenvalue weighted by Crippen LogP contribution is -1.74. The molecule has 3 aromatic rings. The van der Waals surface area contributed by atoms with E-state index in [0.717, 1.165) is 16.9 Å². The number of hydrogen-bond donors (Lipinski definition) is 0. The molecule has 81 valence electrons. The lowest BCUT2D eigenvalue weighted by molar-refractivity contribution is 0.589. The maximum Gasteiger partial charge on any atom is 0.226 e. The van der Waals surface area contributed by atoms with Gasteiger partial charge in [-0.05, 0) is 18.2 Å². The number of aromatic nitrogens is 1.